The van der Waals surface area contributed by atoms with Crippen LogP contribution in [-0.2, 0) is 65.4 Å². The van der Waals surface area contributed by atoms with Gasteiger partial charge < -0.3 is 33.8 Å². The molecule has 0 aromatic rings. The van der Waals surface area contributed by atoms with E-state index in [1.807, 2.05) is 0 Å². The number of carbonyl (C=O) groups is 4. The lowest BCUT2D eigenvalue weighted by molar-refractivity contribution is -0.161. The third kappa shape index (κ3) is 65.8. The van der Waals surface area contributed by atoms with Gasteiger partial charge in [-0.15, -0.1) is 0 Å². The molecule has 0 rings (SSSR count). The minimum atomic E-state index is -4.96. The SMILES string of the molecule is CCC(C)CCCCCCCCC(=O)OC[C@H](COP(=O)(O)OC[C@@H](O)COP(=O)(O)OC[C@@H](COC(=O)CCCCCCCCC(C)CC)OC(=O)CCCCCCCCCCCCCCCC(C)C)OC(=O)CCCCCCCCCCCCCCCCC(C)C. The maximum Gasteiger partial charge on any atom is 0.472 e. The third-order valence-electron chi connectivity index (χ3n) is 17.8. The monoisotopic (exact) mass is 1370 g/mol. The van der Waals surface area contributed by atoms with Gasteiger partial charge in [0.1, 0.15) is 19.3 Å². The summed E-state index contributed by atoms with van der Waals surface area (Å²) in [7, 11) is -9.91. The van der Waals surface area contributed by atoms with E-state index < -0.39 is 97.5 Å². The first kappa shape index (κ1) is 91.1. The second-order valence-corrected chi connectivity index (χ2v) is 31.0. The van der Waals surface area contributed by atoms with Crippen LogP contribution in [0.1, 0.15) is 370 Å². The van der Waals surface area contributed by atoms with E-state index in [0.717, 1.165) is 126 Å². The Morgan fingerprint density at radius 3 is 0.763 bits per heavy atom. The Balaban J connectivity index is 5.23. The van der Waals surface area contributed by atoms with Gasteiger partial charge in [-0.2, -0.15) is 0 Å². The van der Waals surface area contributed by atoms with Gasteiger partial charge in [-0.1, -0.05) is 319 Å². The van der Waals surface area contributed by atoms with Crippen LogP contribution in [0, 0.1) is 23.7 Å². The molecule has 0 amide bonds. The van der Waals surface area contributed by atoms with Crippen molar-refractivity contribution in [1.29, 1.82) is 0 Å². The predicted molar refractivity (Wildman–Crippen MR) is 377 cm³/mol. The first-order valence-electron chi connectivity index (χ1n) is 38.3. The van der Waals surface area contributed by atoms with Gasteiger partial charge in [0.25, 0.3) is 0 Å². The fourth-order valence-electron chi connectivity index (χ4n) is 11.1. The van der Waals surface area contributed by atoms with Gasteiger partial charge in [0.2, 0.25) is 0 Å². The average Bonchev–Trinajstić information content (AvgIpc) is 2.83. The number of carbonyl (C=O) groups excluding carboxylic acids is 4. The van der Waals surface area contributed by atoms with Crippen molar-refractivity contribution in [2.24, 2.45) is 23.7 Å². The molecule has 0 heterocycles. The van der Waals surface area contributed by atoms with Crippen molar-refractivity contribution >= 4 is 39.5 Å². The lowest BCUT2D eigenvalue weighted by Gasteiger charge is -2.21. The van der Waals surface area contributed by atoms with E-state index in [1.165, 1.54) is 161 Å². The minimum absolute atomic E-state index is 0.106. The van der Waals surface area contributed by atoms with Crippen molar-refractivity contribution in [1.82, 2.24) is 0 Å². The van der Waals surface area contributed by atoms with E-state index in [-0.39, 0.29) is 25.7 Å². The summed E-state index contributed by atoms with van der Waals surface area (Å²) in [4.78, 5) is 72.7. The quantitative estimate of drug-likeness (QED) is 0.0222. The Morgan fingerprint density at radius 1 is 0.301 bits per heavy atom. The molecule has 3 N–H and O–H groups in total. The van der Waals surface area contributed by atoms with E-state index in [0.29, 0.717) is 25.7 Å². The average molecular weight is 1370 g/mol. The first-order valence-corrected chi connectivity index (χ1v) is 41.3. The van der Waals surface area contributed by atoms with E-state index in [2.05, 4.69) is 55.4 Å². The molecule has 0 fully saturated rings. The van der Waals surface area contributed by atoms with Crippen LogP contribution in [0.2, 0.25) is 0 Å². The summed E-state index contributed by atoms with van der Waals surface area (Å²) >= 11 is 0. The largest absolute Gasteiger partial charge is 0.472 e. The number of ether oxygens (including phenoxy) is 4. The van der Waals surface area contributed by atoms with Crippen LogP contribution < -0.4 is 0 Å². The Labute approximate surface area is 568 Å². The molecule has 0 saturated carbocycles. The van der Waals surface area contributed by atoms with Gasteiger partial charge in [-0.3, -0.25) is 37.3 Å². The van der Waals surface area contributed by atoms with Crippen LogP contribution in [0.4, 0.5) is 0 Å². The highest BCUT2D eigenvalue weighted by Crippen LogP contribution is 2.45. The molecule has 0 aliphatic rings. The molecule has 4 unspecified atom stereocenters. The summed E-state index contributed by atoms with van der Waals surface area (Å²) in [6.07, 6.45) is 47.2. The van der Waals surface area contributed by atoms with Gasteiger partial charge in [0.05, 0.1) is 26.4 Å². The highest BCUT2D eigenvalue weighted by Gasteiger charge is 2.30. The number of unbranched alkanes of at least 4 members (excludes halogenated alkanes) is 35. The molecule has 0 aliphatic heterocycles. The fraction of sp³-hybridized carbons (Fsp3) is 0.946. The molecule has 19 heteroatoms. The van der Waals surface area contributed by atoms with Crippen LogP contribution in [0.25, 0.3) is 0 Å². The topological polar surface area (TPSA) is 237 Å². The lowest BCUT2D eigenvalue weighted by Crippen LogP contribution is -2.30. The molecule has 0 spiro atoms. The molecule has 17 nitrogen and oxygen atoms in total. The Hall–Kier alpha value is -1.94. The zero-order chi connectivity index (χ0) is 68.9. The summed E-state index contributed by atoms with van der Waals surface area (Å²) in [5.41, 5.74) is 0. The van der Waals surface area contributed by atoms with E-state index in [1.54, 1.807) is 0 Å². The fourth-order valence-corrected chi connectivity index (χ4v) is 12.7. The van der Waals surface area contributed by atoms with E-state index in [4.69, 9.17) is 37.0 Å². The highest BCUT2D eigenvalue weighted by molar-refractivity contribution is 7.47. The molecule has 0 saturated heterocycles. The van der Waals surface area contributed by atoms with Gasteiger partial charge in [0, 0.05) is 25.7 Å². The summed E-state index contributed by atoms with van der Waals surface area (Å²) < 4.78 is 68.4. The molecular formula is C74H144O17P2. The van der Waals surface area contributed by atoms with Gasteiger partial charge in [0.15, 0.2) is 12.2 Å². The smallest absolute Gasteiger partial charge is 0.462 e. The van der Waals surface area contributed by atoms with E-state index >= 15 is 0 Å². The Bertz CT molecular complexity index is 1840. The molecule has 0 aliphatic carbocycles. The van der Waals surface area contributed by atoms with Gasteiger partial charge >= 0.3 is 39.5 Å². The van der Waals surface area contributed by atoms with Crippen molar-refractivity contribution in [3.05, 3.63) is 0 Å². The second-order valence-electron chi connectivity index (χ2n) is 28.1. The van der Waals surface area contributed by atoms with Crippen molar-refractivity contribution in [3.63, 3.8) is 0 Å². The number of esters is 4. The van der Waals surface area contributed by atoms with Crippen LogP contribution >= 0.6 is 15.6 Å². The van der Waals surface area contributed by atoms with Crippen molar-refractivity contribution in [3.8, 4) is 0 Å². The Kier molecular flexibility index (Phi) is 62.2. The summed E-state index contributed by atoms with van der Waals surface area (Å²) in [5.74, 6) is 0.918. The number of aliphatic hydroxyl groups excluding tert-OH is 1. The summed E-state index contributed by atoms with van der Waals surface area (Å²) in [6, 6.07) is 0. The van der Waals surface area contributed by atoms with Gasteiger partial charge in [-0.05, 0) is 49.4 Å². The maximum atomic E-state index is 13.0. The first-order chi connectivity index (χ1) is 44.7. The van der Waals surface area contributed by atoms with Crippen LogP contribution in [0.15, 0.2) is 0 Å². The van der Waals surface area contributed by atoms with E-state index in [9.17, 15) is 43.2 Å². The number of aliphatic hydroxyl groups is 1. The summed E-state index contributed by atoms with van der Waals surface area (Å²) in [5, 5.41) is 10.6. The maximum absolute atomic E-state index is 13.0. The molecule has 0 aromatic heterocycles. The molecular weight excluding hydrogens is 1220 g/mol. The summed E-state index contributed by atoms with van der Waals surface area (Å²) in [6.45, 7) is 14.1. The van der Waals surface area contributed by atoms with Crippen LogP contribution in [0.3, 0.4) is 0 Å². The standard InChI is InChI=1S/C74H144O17P2/c1-9-66(7)52-44-36-30-32-38-46-54-71(76)84-60-69(90-73(78)56-48-40-28-24-20-16-12-11-14-18-22-26-34-42-50-64(3)4)62-88-92(80,81)86-58-68(75)59-87-93(82,83)89-63-70(61-85-72(77)55-47-39-33-31-37-45-53-67(8)10-2)91-74(79)57-49-41-29-25-21-17-13-15-19-23-27-35-43-51-65(5)6/h64-70,75H,9-63H2,1-8H3,(H,80,81)(H,82,83)/t66?,67?,68-,69-,70-/m1/s1. The number of rotatable bonds is 71. The van der Waals surface area contributed by atoms with Crippen LogP contribution in [0.5, 0.6) is 0 Å². The zero-order valence-corrected chi connectivity index (χ0v) is 62.7. The van der Waals surface area contributed by atoms with Crippen molar-refractivity contribution in [2.45, 2.75) is 388 Å². The van der Waals surface area contributed by atoms with Crippen molar-refractivity contribution in [2.75, 3.05) is 39.6 Å². The number of hydrogen-bond donors (Lipinski definition) is 3. The molecule has 7 atom stereocenters. The molecule has 93 heavy (non-hydrogen) atoms. The van der Waals surface area contributed by atoms with Crippen molar-refractivity contribution < 1.29 is 80.2 Å². The second kappa shape index (κ2) is 63.5. The molecule has 0 radical (unpaired) electrons. The number of phosphoric acid groups is 2. The van der Waals surface area contributed by atoms with Gasteiger partial charge in [-0.25, -0.2) is 9.13 Å². The zero-order valence-electron chi connectivity index (χ0n) is 60.9. The Morgan fingerprint density at radius 2 is 0.516 bits per heavy atom. The number of hydrogen-bond acceptors (Lipinski definition) is 15. The lowest BCUT2D eigenvalue weighted by atomic mass is 10.00. The van der Waals surface area contributed by atoms with Crippen LogP contribution in [-0.4, -0.2) is 96.7 Å². The minimum Gasteiger partial charge on any atom is -0.462 e. The molecule has 0 bridgehead atoms. The molecule has 552 valence electrons. The third-order valence-corrected chi connectivity index (χ3v) is 19.7. The molecule has 0 aromatic carbocycles. The normalized spacial score (nSPS) is 14.8. The predicted octanol–water partition coefficient (Wildman–Crippen LogP) is 21.3. The highest BCUT2D eigenvalue weighted by atomic mass is 31.2. The number of phosphoric ester groups is 2.